The third kappa shape index (κ3) is 3.68. The Balaban J connectivity index is 1.63. The molecule has 2 aromatic rings. The molecule has 0 aliphatic heterocycles. The van der Waals surface area contributed by atoms with Crippen LogP contribution in [0.25, 0.3) is 10.2 Å². The van der Waals surface area contributed by atoms with E-state index in [9.17, 15) is 9.59 Å². The lowest BCUT2D eigenvalue weighted by molar-refractivity contribution is -0.118. The molecule has 1 N–H and O–H groups in total. The fourth-order valence-electron chi connectivity index (χ4n) is 3.36. The standard InChI is InChI=1S/C18H23N3O3S2/c1-24-9-3-8-21-17(23)15-12-4-2-5-13(12)26-16(15)20-18(21)25-10-14(22)19-11-6-7-11/h11H,2-10H2,1H3,(H,19,22). The van der Waals surface area contributed by atoms with Gasteiger partial charge in [-0.25, -0.2) is 4.98 Å². The van der Waals surface area contributed by atoms with E-state index < -0.39 is 0 Å². The first-order valence-electron chi connectivity index (χ1n) is 9.13. The number of nitrogens with zero attached hydrogens (tertiary/aromatic N) is 2. The van der Waals surface area contributed by atoms with Crippen LogP contribution in [-0.4, -0.2) is 41.0 Å². The minimum absolute atomic E-state index is 0.0176. The molecule has 2 aromatic heterocycles. The lowest BCUT2D eigenvalue weighted by atomic mass is 10.2. The molecule has 0 spiro atoms. The van der Waals surface area contributed by atoms with Crippen LogP contribution in [0.3, 0.4) is 0 Å². The Hall–Kier alpha value is -1.38. The molecule has 2 aliphatic rings. The van der Waals surface area contributed by atoms with E-state index in [1.165, 1.54) is 22.2 Å². The molecule has 140 valence electrons. The van der Waals surface area contributed by atoms with Gasteiger partial charge in [-0.3, -0.25) is 14.2 Å². The Kier molecular flexibility index (Phi) is 5.33. The Bertz CT molecular complexity index is 886. The summed E-state index contributed by atoms with van der Waals surface area (Å²) >= 11 is 3.00. The summed E-state index contributed by atoms with van der Waals surface area (Å²) in [7, 11) is 1.66. The zero-order valence-electron chi connectivity index (χ0n) is 14.9. The normalized spacial score (nSPS) is 16.2. The highest BCUT2D eigenvalue weighted by atomic mass is 32.2. The molecule has 6 nitrogen and oxygen atoms in total. The van der Waals surface area contributed by atoms with Crippen LogP contribution in [0.2, 0.25) is 0 Å². The molecule has 1 saturated carbocycles. The predicted octanol–water partition coefficient (Wildman–Crippen LogP) is 2.35. The molecule has 2 aliphatic carbocycles. The van der Waals surface area contributed by atoms with Crippen LogP contribution in [0.4, 0.5) is 0 Å². The number of ether oxygens (including phenoxy) is 1. The van der Waals surface area contributed by atoms with Crippen LogP contribution >= 0.6 is 23.1 Å². The van der Waals surface area contributed by atoms with E-state index in [0.29, 0.717) is 30.1 Å². The van der Waals surface area contributed by atoms with E-state index in [2.05, 4.69) is 5.32 Å². The number of carbonyl (C=O) groups excluding carboxylic acids is 1. The SMILES string of the molecule is COCCCn1c(SCC(=O)NC2CC2)nc2sc3c(c2c1=O)CCC3. The maximum Gasteiger partial charge on any atom is 0.263 e. The summed E-state index contributed by atoms with van der Waals surface area (Å²) in [6.07, 6.45) is 6.04. The van der Waals surface area contributed by atoms with Crippen molar-refractivity contribution in [2.45, 2.75) is 56.3 Å². The van der Waals surface area contributed by atoms with E-state index >= 15 is 0 Å². The van der Waals surface area contributed by atoms with E-state index in [4.69, 9.17) is 9.72 Å². The summed E-state index contributed by atoms with van der Waals surface area (Å²) in [5.74, 6) is 0.313. The van der Waals surface area contributed by atoms with Gasteiger partial charge in [-0.05, 0) is 44.1 Å². The first-order valence-corrected chi connectivity index (χ1v) is 10.9. The fraction of sp³-hybridized carbons (Fsp3) is 0.611. The maximum absolute atomic E-state index is 13.2. The van der Waals surface area contributed by atoms with Crippen LogP contribution < -0.4 is 10.9 Å². The van der Waals surface area contributed by atoms with Crippen molar-refractivity contribution in [2.24, 2.45) is 0 Å². The van der Waals surface area contributed by atoms with Crippen molar-refractivity contribution in [3.05, 3.63) is 20.8 Å². The van der Waals surface area contributed by atoms with Gasteiger partial charge in [0, 0.05) is 31.2 Å². The van der Waals surface area contributed by atoms with Gasteiger partial charge in [-0.2, -0.15) is 0 Å². The molecular weight excluding hydrogens is 370 g/mol. The van der Waals surface area contributed by atoms with Gasteiger partial charge >= 0.3 is 0 Å². The molecule has 0 radical (unpaired) electrons. The minimum atomic E-state index is 0.0176. The van der Waals surface area contributed by atoms with Crippen molar-refractivity contribution in [3.8, 4) is 0 Å². The molecule has 2 heterocycles. The molecule has 4 rings (SSSR count). The quantitative estimate of drug-likeness (QED) is 0.423. The van der Waals surface area contributed by atoms with Crippen LogP contribution in [-0.2, 0) is 28.9 Å². The van der Waals surface area contributed by atoms with Crippen molar-refractivity contribution >= 4 is 39.2 Å². The number of hydrogen-bond donors (Lipinski definition) is 1. The second kappa shape index (κ2) is 7.70. The Morgan fingerprint density at radius 3 is 3.04 bits per heavy atom. The van der Waals surface area contributed by atoms with Crippen molar-refractivity contribution in [3.63, 3.8) is 0 Å². The molecule has 0 bridgehead atoms. The average molecular weight is 394 g/mol. The topological polar surface area (TPSA) is 73.2 Å². The summed E-state index contributed by atoms with van der Waals surface area (Å²) < 4.78 is 6.87. The molecule has 0 atom stereocenters. The summed E-state index contributed by atoms with van der Waals surface area (Å²) in [4.78, 5) is 32.1. The first-order chi connectivity index (χ1) is 12.7. The highest BCUT2D eigenvalue weighted by molar-refractivity contribution is 7.99. The highest BCUT2D eigenvalue weighted by Gasteiger charge is 2.25. The monoisotopic (exact) mass is 393 g/mol. The molecule has 26 heavy (non-hydrogen) atoms. The molecule has 0 aromatic carbocycles. The number of nitrogens with one attached hydrogen (secondary N) is 1. The van der Waals surface area contributed by atoms with Crippen molar-refractivity contribution in [2.75, 3.05) is 19.5 Å². The summed E-state index contributed by atoms with van der Waals surface area (Å²) in [6.45, 7) is 1.16. The number of methoxy groups -OCH3 is 1. The first kappa shape index (κ1) is 18.0. The van der Waals surface area contributed by atoms with Crippen molar-refractivity contribution in [1.29, 1.82) is 0 Å². The van der Waals surface area contributed by atoms with Crippen molar-refractivity contribution in [1.82, 2.24) is 14.9 Å². The number of amides is 1. The van der Waals surface area contributed by atoms with Gasteiger partial charge in [0.2, 0.25) is 5.91 Å². The lowest BCUT2D eigenvalue weighted by Crippen LogP contribution is -2.28. The number of thiophene rings is 1. The number of carbonyl (C=O) groups is 1. The fourth-order valence-corrected chi connectivity index (χ4v) is 5.50. The number of thioether (sulfide) groups is 1. The van der Waals surface area contributed by atoms with Crippen LogP contribution in [0.1, 0.15) is 36.1 Å². The molecule has 0 saturated heterocycles. The van der Waals surface area contributed by atoms with Crippen molar-refractivity contribution < 1.29 is 9.53 Å². The van der Waals surface area contributed by atoms with E-state index in [1.807, 2.05) is 0 Å². The zero-order valence-corrected chi connectivity index (χ0v) is 16.5. The van der Waals surface area contributed by atoms with E-state index in [0.717, 1.165) is 48.7 Å². The third-order valence-corrected chi connectivity index (χ3v) is 6.96. The van der Waals surface area contributed by atoms with Gasteiger partial charge in [-0.15, -0.1) is 11.3 Å². The Morgan fingerprint density at radius 1 is 1.42 bits per heavy atom. The summed E-state index contributed by atoms with van der Waals surface area (Å²) in [5, 5.41) is 4.43. The number of aromatic nitrogens is 2. The number of rotatable bonds is 8. The summed E-state index contributed by atoms with van der Waals surface area (Å²) in [5.41, 5.74) is 1.24. The van der Waals surface area contributed by atoms with E-state index in [-0.39, 0.29) is 11.5 Å². The zero-order chi connectivity index (χ0) is 18.1. The Morgan fingerprint density at radius 2 is 2.27 bits per heavy atom. The average Bonchev–Trinajstić information content (AvgIpc) is 3.19. The maximum atomic E-state index is 13.2. The van der Waals surface area contributed by atoms with Gasteiger partial charge in [0.15, 0.2) is 5.16 Å². The largest absolute Gasteiger partial charge is 0.385 e. The molecule has 0 unspecified atom stereocenters. The molecular formula is C18H23N3O3S2. The van der Waals surface area contributed by atoms with Gasteiger partial charge in [0.1, 0.15) is 4.83 Å². The Labute approximate surface area is 160 Å². The van der Waals surface area contributed by atoms with Crippen LogP contribution in [0.15, 0.2) is 9.95 Å². The van der Waals surface area contributed by atoms with Crippen LogP contribution in [0.5, 0.6) is 0 Å². The van der Waals surface area contributed by atoms with Gasteiger partial charge in [-0.1, -0.05) is 11.8 Å². The molecule has 1 fully saturated rings. The highest BCUT2D eigenvalue weighted by Crippen LogP contribution is 2.35. The van der Waals surface area contributed by atoms with Crippen LogP contribution in [0, 0.1) is 0 Å². The van der Waals surface area contributed by atoms with Gasteiger partial charge in [0.05, 0.1) is 11.1 Å². The lowest BCUT2D eigenvalue weighted by Gasteiger charge is -2.12. The minimum Gasteiger partial charge on any atom is -0.385 e. The number of fused-ring (bicyclic) bond motifs is 3. The predicted molar refractivity (Wildman–Crippen MR) is 104 cm³/mol. The molecule has 1 amide bonds. The smallest absolute Gasteiger partial charge is 0.263 e. The second-order valence-corrected chi connectivity index (χ2v) is 8.89. The van der Waals surface area contributed by atoms with Gasteiger partial charge in [0.25, 0.3) is 5.56 Å². The molecule has 8 heteroatoms. The second-order valence-electron chi connectivity index (χ2n) is 6.87. The number of aryl methyl sites for hydroxylation is 2. The summed E-state index contributed by atoms with van der Waals surface area (Å²) in [6, 6.07) is 0.350. The number of hydrogen-bond acceptors (Lipinski definition) is 6. The third-order valence-electron chi connectivity index (χ3n) is 4.79. The van der Waals surface area contributed by atoms with E-state index in [1.54, 1.807) is 23.0 Å². The van der Waals surface area contributed by atoms with Gasteiger partial charge < -0.3 is 10.1 Å².